The molecular weight excluding hydrogens is 304 g/mol. The predicted molar refractivity (Wildman–Crippen MR) is 78.4 cm³/mol. The second-order valence-corrected chi connectivity index (χ2v) is 6.50. The van der Waals surface area contributed by atoms with Crippen molar-refractivity contribution in [3.63, 3.8) is 0 Å². The van der Waals surface area contributed by atoms with Gasteiger partial charge in [0.1, 0.15) is 0 Å². The summed E-state index contributed by atoms with van der Waals surface area (Å²) in [6, 6.07) is 11.8. The number of hydrogen-bond donors (Lipinski definition) is 0. The summed E-state index contributed by atoms with van der Waals surface area (Å²) in [7, 11) is -3.81. The van der Waals surface area contributed by atoms with Crippen molar-refractivity contribution < 1.29 is 22.6 Å². The molecule has 0 unspecified atom stereocenters. The number of sulfonamides is 1. The number of hydrogen-bond acceptors (Lipinski definition) is 4. The SMILES string of the molecule is Cc1ccc(S(=O)(=O)[N-][n+]2ccccc2C2OCCO2)cc1. The molecule has 2 aromatic rings. The molecule has 1 aromatic heterocycles. The second kappa shape index (κ2) is 6.04. The molecule has 1 aromatic carbocycles. The summed E-state index contributed by atoms with van der Waals surface area (Å²) in [5.74, 6) is 0. The van der Waals surface area contributed by atoms with E-state index in [9.17, 15) is 8.42 Å². The van der Waals surface area contributed by atoms with E-state index in [2.05, 4.69) is 4.83 Å². The number of nitrogens with zero attached hydrogens (tertiary/aromatic N) is 2. The summed E-state index contributed by atoms with van der Waals surface area (Å²) in [6.45, 7) is 2.85. The number of ether oxygens (including phenoxy) is 2. The zero-order valence-corrected chi connectivity index (χ0v) is 12.9. The van der Waals surface area contributed by atoms with Crippen molar-refractivity contribution in [3.05, 3.63) is 64.7 Å². The fraction of sp³-hybridized carbons (Fsp3) is 0.267. The van der Waals surface area contributed by atoms with Crippen LogP contribution in [0.3, 0.4) is 0 Å². The van der Waals surface area contributed by atoms with Crippen LogP contribution in [0.15, 0.2) is 53.6 Å². The van der Waals surface area contributed by atoms with Crippen LogP contribution in [0.2, 0.25) is 0 Å². The largest absolute Gasteiger partial charge is 0.341 e. The minimum absolute atomic E-state index is 0.147. The van der Waals surface area contributed by atoms with Crippen LogP contribution < -0.4 is 4.68 Å². The van der Waals surface area contributed by atoms with Crippen LogP contribution in [0.1, 0.15) is 17.5 Å². The summed E-state index contributed by atoms with van der Waals surface area (Å²) >= 11 is 0. The highest BCUT2D eigenvalue weighted by molar-refractivity contribution is 7.93. The molecule has 0 spiro atoms. The Bertz CT molecular complexity index is 753. The molecular formula is C15H16N2O4S. The Labute approximate surface area is 129 Å². The molecule has 3 rings (SSSR count). The Balaban J connectivity index is 1.90. The molecule has 7 heteroatoms. The number of rotatable bonds is 4. The van der Waals surface area contributed by atoms with Gasteiger partial charge >= 0.3 is 0 Å². The maximum atomic E-state index is 12.4. The third-order valence-electron chi connectivity index (χ3n) is 3.25. The van der Waals surface area contributed by atoms with E-state index in [1.807, 2.05) is 6.92 Å². The summed E-state index contributed by atoms with van der Waals surface area (Å²) < 4.78 is 36.9. The highest BCUT2D eigenvalue weighted by atomic mass is 32.2. The lowest BCUT2D eigenvalue weighted by molar-refractivity contribution is -0.630. The summed E-state index contributed by atoms with van der Waals surface area (Å²) in [4.78, 5) is 4.01. The first-order chi connectivity index (χ1) is 10.6. The maximum Gasteiger partial charge on any atom is 0.244 e. The number of benzene rings is 1. The normalized spacial score (nSPS) is 15.9. The molecule has 0 amide bonds. The molecule has 22 heavy (non-hydrogen) atoms. The van der Waals surface area contributed by atoms with Gasteiger partial charge in [-0.25, -0.2) is 13.1 Å². The van der Waals surface area contributed by atoms with E-state index in [0.717, 1.165) is 5.56 Å². The molecule has 6 nitrogen and oxygen atoms in total. The Morgan fingerprint density at radius 2 is 1.77 bits per heavy atom. The summed E-state index contributed by atoms with van der Waals surface area (Å²) in [6.07, 6.45) is 0.963. The maximum absolute atomic E-state index is 12.4. The van der Waals surface area contributed by atoms with Crippen molar-refractivity contribution in [1.29, 1.82) is 0 Å². The standard InChI is InChI=1S/C15H16N2O4S/c1-12-5-7-13(8-6-12)22(18,19)16-17-9-3-2-4-14(17)15-20-10-11-21-15/h2-9,15H,10-11H2,1H3. The van der Waals surface area contributed by atoms with Crippen LogP contribution in [0, 0.1) is 6.92 Å². The Morgan fingerprint density at radius 1 is 1.09 bits per heavy atom. The van der Waals surface area contributed by atoms with Gasteiger partial charge in [0.15, 0.2) is 16.2 Å². The lowest BCUT2D eigenvalue weighted by atomic mass is 10.2. The lowest BCUT2D eigenvalue weighted by Gasteiger charge is -2.18. The monoisotopic (exact) mass is 320 g/mol. The van der Waals surface area contributed by atoms with Crippen LogP contribution in [-0.2, 0) is 19.5 Å². The molecule has 0 radical (unpaired) electrons. The van der Waals surface area contributed by atoms with Gasteiger partial charge in [0.2, 0.25) is 12.0 Å². The predicted octanol–water partition coefficient (Wildman–Crippen LogP) is 1.85. The van der Waals surface area contributed by atoms with Crippen molar-refractivity contribution in [3.8, 4) is 0 Å². The van der Waals surface area contributed by atoms with Gasteiger partial charge < -0.3 is 14.3 Å². The first-order valence-corrected chi connectivity index (χ1v) is 8.29. The summed E-state index contributed by atoms with van der Waals surface area (Å²) in [5.41, 5.74) is 1.52. The second-order valence-electron chi connectivity index (χ2n) is 4.91. The van der Waals surface area contributed by atoms with Gasteiger partial charge in [0, 0.05) is 12.1 Å². The molecule has 1 aliphatic heterocycles. The minimum Gasteiger partial charge on any atom is -0.341 e. The average molecular weight is 320 g/mol. The van der Waals surface area contributed by atoms with Crippen molar-refractivity contribution in [2.45, 2.75) is 18.1 Å². The smallest absolute Gasteiger partial charge is 0.244 e. The van der Waals surface area contributed by atoms with Crippen LogP contribution in [0.5, 0.6) is 0 Å². The van der Waals surface area contributed by atoms with Crippen LogP contribution in [0.25, 0.3) is 4.83 Å². The van der Waals surface area contributed by atoms with Gasteiger partial charge in [0.25, 0.3) is 0 Å². The molecule has 1 aliphatic rings. The quantitative estimate of drug-likeness (QED) is 0.806. The molecule has 0 saturated carbocycles. The lowest BCUT2D eigenvalue weighted by Crippen LogP contribution is -2.38. The van der Waals surface area contributed by atoms with E-state index in [1.165, 1.54) is 4.68 Å². The fourth-order valence-corrected chi connectivity index (χ4v) is 3.07. The van der Waals surface area contributed by atoms with Gasteiger partial charge in [-0.15, -0.1) is 0 Å². The van der Waals surface area contributed by atoms with Gasteiger partial charge in [0.05, 0.1) is 18.1 Å². The molecule has 0 aliphatic carbocycles. The van der Waals surface area contributed by atoms with E-state index in [0.29, 0.717) is 18.9 Å². The first kappa shape index (κ1) is 15.0. The van der Waals surface area contributed by atoms with E-state index >= 15 is 0 Å². The van der Waals surface area contributed by atoms with Crippen molar-refractivity contribution >= 4 is 10.0 Å². The molecule has 0 atom stereocenters. The zero-order valence-electron chi connectivity index (χ0n) is 12.0. The molecule has 2 heterocycles. The average Bonchev–Trinajstić information content (AvgIpc) is 3.02. The van der Waals surface area contributed by atoms with Crippen LogP contribution in [0.4, 0.5) is 0 Å². The van der Waals surface area contributed by atoms with Crippen LogP contribution >= 0.6 is 0 Å². The van der Waals surface area contributed by atoms with E-state index < -0.39 is 16.3 Å². The molecule has 1 saturated heterocycles. The van der Waals surface area contributed by atoms with Crippen molar-refractivity contribution in [1.82, 2.24) is 0 Å². The van der Waals surface area contributed by atoms with Gasteiger partial charge in [-0.2, -0.15) is 0 Å². The Kier molecular flexibility index (Phi) is 4.10. The molecule has 116 valence electrons. The highest BCUT2D eigenvalue weighted by Gasteiger charge is 2.26. The van der Waals surface area contributed by atoms with Crippen LogP contribution in [-0.4, -0.2) is 21.6 Å². The van der Waals surface area contributed by atoms with E-state index in [1.54, 1.807) is 48.7 Å². The van der Waals surface area contributed by atoms with E-state index in [4.69, 9.17) is 9.47 Å². The number of aryl methyl sites for hydroxylation is 1. The number of aromatic nitrogens is 1. The molecule has 0 N–H and O–H groups in total. The van der Waals surface area contributed by atoms with Gasteiger partial charge in [-0.1, -0.05) is 17.7 Å². The molecule has 1 fully saturated rings. The molecule has 0 bridgehead atoms. The zero-order chi connectivity index (χ0) is 15.6. The van der Waals surface area contributed by atoms with Gasteiger partial charge in [-0.3, -0.25) is 0 Å². The Morgan fingerprint density at radius 3 is 2.45 bits per heavy atom. The third kappa shape index (κ3) is 3.11. The fourth-order valence-electron chi connectivity index (χ4n) is 2.11. The van der Waals surface area contributed by atoms with Crippen molar-refractivity contribution in [2.24, 2.45) is 0 Å². The third-order valence-corrected chi connectivity index (χ3v) is 4.51. The summed E-state index contributed by atoms with van der Waals surface area (Å²) in [5, 5.41) is 0. The number of pyridine rings is 1. The minimum atomic E-state index is -3.81. The first-order valence-electron chi connectivity index (χ1n) is 6.85. The topological polar surface area (TPSA) is 70.6 Å². The van der Waals surface area contributed by atoms with E-state index in [-0.39, 0.29) is 4.90 Å². The Hall–Kier alpha value is -1.96. The van der Waals surface area contributed by atoms with Crippen molar-refractivity contribution in [2.75, 3.05) is 13.2 Å². The highest BCUT2D eigenvalue weighted by Crippen LogP contribution is 2.22. The van der Waals surface area contributed by atoms with Gasteiger partial charge in [-0.05, 0) is 25.1 Å².